The molecule has 146 valence electrons. The second kappa shape index (κ2) is 9.65. The van der Waals surface area contributed by atoms with Gasteiger partial charge in [-0.1, -0.05) is 5.11 Å². The maximum atomic E-state index is 12.9. The number of azide groups is 1. The molecule has 3 atom stereocenters. The lowest BCUT2D eigenvalue weighted by atomic mass is 9.90. The molecular weight excluding hydrogens is 371 g/mol. The van der Waals surface area contributed by atoms with E-state index in [9.17, 15) is 24.1 Å². The van der Waals surface area contributed by atoms with Crippen molar-refractivity contribution in [3.63, 3.8) is 0 Å². The first-order valence-corrected chi connectivity index (χ1v) is 9.49. The van der Waals surface area contributed by atoms with Crippen LogP contribution in [0, 0.1) is 0 Å². The highest BCUT2D eigenvalue weighted by Crippen LogP contribution is 2.56. The molecule has 0 aromatic heterocycles. The Labute approximate surface area is 149 Å². The lowest BCUT2D eigenvalue weighted by molar-refractivity contribution is -0.161. The molecule has 0 saturated carbocycles. The van der Waals surface area contributed by atoms with Gasteiger partial charge in [0.1, 0.15) is 12.6 Å². The topological polar surface area (TPSA) is 179 Å². The van der Waals surface area contributed by atoms with E-state index in [0.29, 0.717) is 0 Å². The van der Waals surface area contributed by atoms with Crippen LogP contribution in [0.1, 0.15) is 26.7 Å². The van der Waals surface area contributed by atoms with Crippen LogP contribution in [-0.4, -0.2) is 70.5 Å². The van der Waals surface area contributed by atoms with Crippen LogP contribution in [0.5, 0.6) is 0 Å². The van der Waals surface area contributed by atoms with E-state index in [1.807, 2.05) is 0 Å². The summed E-state index contributed by atoms with van der Waals surface area (Å²) in [6, 6.07) is -2.21. The normalized spacial score (nSPS) is 20.9. The number of ketones is 1. The molecule has 1 aliphatic heterocycles. The van der Waals surface area contributed by atoms with E-state index in [2.05, 4.69) is 10.0 Å². The molecule has 1 heterocycles. The van der Waals surface area contributed by atoms with Crippen molar-refractivity contribution in [2.24, 2.45) is 5.11 Å². The summed E-state index contributed by atoms with van der Waals surface area (Å²) in [7, 11) is -4.25. The van der Waals surface area contributed by atoms with Crippen molar-refractivity contribution in [3.05, 3.63) is 10.4 Å². The van der Waals surface area contributed by atoms with Gasteiger partial charge in [-0.25, -0.2) is 4.79 Å². The van der Waals surface area contributed by atoms with Crippen molar-refractivity contribution in [1.82, 2.24) is 4.90 Å². The molecule has 1 aliphatic rings. The van der Waals surface area contributed by atoms with Gasteiger partial charge < -0.3 is 24.2 Å². The number of aliphatic hydroxyl groups is 1. The third-order valence-corrected chi connectivity index (χ3v) is 6.01. The summed E-state index contributed by atoms with van der Waals surface area (Å²) in [5, 5.41) is 21.7. The first-order chi connectivity index (χ1) is 12.3. The number of aliphatic hydroxyl groups excluding tert-OH is 1. The zero-order valence-electron chi connectivity index (χ0n) is 14.3. The summed E-state index contributed by atoms with van der Waals surface area (Å²) in [5.41, 5.74) is 8.58. The predicted octanol–water partition coefficient (Wildman–Crippen LogP) is 0.894. The second-order valence-electron chi connectivity index (χ2n) is 5.29. The number of carbonyl (C=O) groups excluding carboxylic acids is 2. The van der Waals surface area contributed by atoms with Gasteiger partial charge in [-0.15, -0.1) is 0 Å². The van der Waals surface area contributed by atoms with Crippen molar-refractivity contribution in [2.45, 2.75) is 44.6 Å². The van der Waals surface area contributed by atoms with E-state index in [4.69, 9.17) is 19.7 Å². The minimum absolute atomic E-state index is 0.0726. The van der Waals surface area contributed by atoms with Crippen LogP contribution in [0.3, 0.4) is 0 Å². The van der Waals surface area contributed by atoms with Gasteiger partial charge in [0.05, 0.1) is 19.3 Å². The van der Waals surface area contributed by atoms with E-state index in [-0.39, 0.29) is 26.1 Å². The number of carboxylic acids is 1. The summed E-state index contributed by atoms with van der Waals surface area (Å²) >= 11 is 0. The fourth-order valence-electron chi connectivity index (χ4n) is 2.66. The molecule has 26 heavy (non-hydrogen) atoms. The molecule has 0 radical (unpaired) electrons. The molecule has 1 fully saturated rings. The summed E-state index contributed by atoms with van der Waals surface area (Å²) in [4.78, 5) is 38.7. The highest BCUT2D eigenvalue weighted by atomic mass is 31.2. The van der Waals surface area contributed by atoms with Crippen LogP contribution in [-0.2, 0) is 28.0 Å². The SMILES string of the molecule is CCOP(=O)(OCC)C(C(=O)O)N1C(=O)C(N=[N+]=[N-])C1CCC(=O)CO. The Morgan fingerprint density at radius 1 is 1.38 bits per heavy atom. The van der Waals surface area contributed by atoms with Gasteiger partial charge in [-0.3, -0.25) is 14.2 Å². The molecular formula is C13H21N4O8P. The number of hydrogen-bond donors (Lipinski definition) is 2. The minimum atomic E-state index is -4.25. The first kappa shape index (κ1) is 22.1. The number of carboxylic acid groups (broad SMARTS) is 1. The van der Waals surface area contributed by atoms with E-state index < -0.39 is 49.7 Å². The number of β-lactam (4-membered cyclic amide) rings is 1. The van der Waals surface area contributed by atoms with Crippen LogP contribution < -0.4 is 0 Å². The third-order valence-electron chi connectivity index (χ3n) is 3.70. The Morgan fingerprint density at radius 2 is 1.96 bits per heavy atom. The van der Waals surface area contributed by atoms with Crippen LogP contribution in [0.4, 0.5) is 0 Å². The van der Waals surface area contributed by atoms with Gasteiger partial charge in [0.25, 0.3) is 0 Å². The molecule has 1 rings (SSSR count). The Hall–Kier alpha value is -1.97. The molecule has 12 nitrogen and oxygen atoms in total. The maximum Gasteiger partial charge on any atom is 0.364 e. The Balaban J connectivity index is 3.22. The molecule has 0 aromatic carbocycles. The summed E-state index contributed by atoms with van der Waals surface area (Å²) in [5.74, 6) is -4.93. The number of amides is 1. The average molecular weight is 392 g/mol. The van der Waals surface area contributed by atoms with Crippen LogP contribution >= 0.6 is 7.60 Å². The molecule has 0 spiro atoms. The molecule has 2 N–H and O–H groups in total. The summed E-state index contributed by atoms with van der Waals surface area (Å²) < 4.78 is 23.0. The number of hydrogen-bond acceptors (Lipinski definition) is 8. The standard InChI is InChI=1S/C13H21N4O8P/c1-3-24-26(23,25-4-2)12(13(21)22)17-9(6-5-8(19)7-18)10(11(17)20)15-16-14/h9-10,12,18H,3-7H2,1-2H3,(H,21,22). The van der Waals surface area contributed by atoms with Gasteiger partial charge in [-0.05, 0) is 25.8 Å². The van der Waals surface area contributed by atoms with Crippen molar-refractivity contribution < 1.29 is 38.2 Å². The van der Waals surface area contributed by atoms with E-state index in [1.165, 1.54) is 13.8 Å². The lowest BCUT2D eigenvalue weighted by Crippen LogP contribution is -2.68. The Bertz CT molecular complexity index is 640. The Morgan fingerprint density at radius 3 is 2.38 bits per heavy atom. The maximum absolute atomic E-state index is 12.9. The van der Waals surface area contributed by atoms with Crippen molar-refractivity contribution in [3.8, 4) is 0 Å². The molecule has 0 bridgehead atoms. The summed E-state index contributed by atoms with van der Waals surface area (Å²) in [6.07, 6.45) is -0.251. The summed E-state index contributed by atoms with van der Waals surface area (Å²) in [6.45, 7) is 2.03. The Kier molecular flexibility index (Phi) is 8.19. The van der Waals surface area contributed by atoms with Crippen molar-refractivity contribution >= 4 is 25.3 Å². The predicted molar refractivity (Wildman–Crippen MR) is 87.2 cm³/mol. The fourth-order valence-corrected chi connectivity index (χ4v) is 4.60. The monoisotopic (exact) mass is 392 g/mol. The zero-order chi connectivity index (χ0) is 19.9. The molecule has 0 aliphatic carbocycles. The molecule has 1 amide bonds. The highest BCUT2D eigenvalue weighted by molar-refractivity contribution is 7.55. The van der Waals surface area contributed by atoms with Gasteiger partial charge in [0.2, 0.25) is 11.7 Å². The van der Waals surface area contributed by atoms with Gasteiger partial charge >= 0.3 is 13.6 Å². The number of nitrogens with zero attached hydrogens (tertiary/aromatic N) is 4. The second-order valence-corrected chi connectivity index (χ2v) is 7.37. The smallest absolute Gasteiger partial charge is 0.364 e. The van der Waals surface area contributed by atoms with Crippen molar-refractivity contribution in [1.29, 1.82) is 0 Å². The minimum Gasteiger partial charge on any atom is -0.479 e. The van der Waals surface area contributed by atoms with Gasteiger partial charge in [0.15, 0.2) is 5.78 Å². The third kappa shape index (κ3) is 4.60. The number of likely N-dealkylation sites (tertiary alicyclic amines) is 1. The lowest BCUT2D eigenvalue weighted by Gasteiger charge is -2.48. The zero-order valence-corrected chi connectivity index (χ0v) is 15.2. The first-order valence-electron chi connectivity index (χ1n) is 7.87. The van der Waals surface area contributed by atoms with Crippen LogP contribution in [0.15, 0.2) is 5.11 Å². The number of carbonyl (C=O) groups is 3. The number of rotatable bonds is 12. The molecule has 13 heteroatoms. The largest absolute Gasteiger partial charge is 0.479 e. The highest BCUT2D eigenvalue weighted by Gasteiger charge is 2.58. The number of Topliss-reactive ketones (excluding diaryl/α,β-unsaturated/α-hetero) is 1. The molecule has 1 saturated heterocycles. The quantitative estimate of drug-likeness (QED) is 0.161. The number of aliphatic carboxylic acids is 1. The van der Waals surface area contributed by atoms with Crippen molar-refractivity contribution in [2.75, 3.05) is 19.8 Å². The molecule has 0 aromatic rings. The van der Waals surface area contributed by atoms with E-state index >= 15 is 0 Å². The van der Waals surface area contributed by atoms with Crippen LogP contribution in [0.2, 0.25) is 0 Å². The van der Waals surface area contributed by atoms with E-state index in [0.717, 1.165) is 4.90 Å². The van der Waals surface area contributed by atoms with E-state index in [1.54, 1.807) is 0 Å². The average Bonchev–Trinajstić information content (AvgIpc) is 2.59. The molecule has 3 unspecified atom stereocenters. The van der Waals surface area contributed by atoms with Gasteiger partial charge in [-0.2, -0.15) is 0 Å². The fraction of sp³-hybridized carbons (Fsp3) is 0.769. The van der Waals surface area contributed by atoms with Gasteiger partial charge in [0, 0.05) is 11.3 Å². The van der Waals surface area contributed by atoms with Crippen LogP contribution in [0.25, 0.3) is 10.4 Å².